The van der Waals surface area contributed by atoms with E-state index in [1.54, 1.807) is 12.1 Å². The van der Waals surface area contributed by atoms with Crippen molar-refractivity contribution < 1.29 is 23.4 Å². The topological polar surface area (TPSA) is 68.5 Å². The number of benzene rings is 3. The standard InChI is InChI=1S/C25H21ClFNO4/c1-30-10-11-32-21-9-8-17(14-28)23(25(21)27)19-12-18(13-22(31-2)24(19)26)20(15-29)16-6-4-3-5-7-16/h3-9,12-13,15,20H,10-11H2,1-2H3. The van der Waals surface area contributed by atoms with E-state index in [4.69, 9.17) is 25.8 Å². The minimum absolute atomic E-state index is 0.0229. The Bertz CT molecular complexity index is 1140. The molecular formula is C25H21ClFNO4. The lowest BCUT2D eigenvalue weighted by Gasteiger charge is -2.18. The predicted molar refractivity (Wildman–Crippen MR) is 120 cm³/mol. The fourth-order valence-corrected chi connectivity index (χ4v) is 3.68. The van der Waals surface area contributed by atoms with Crippen molar-refractivity contribution in [2.45, 2.75) is 5.92 Å². The molecule has 0 aliphatic carbocycles. The molecule has 7 heteroatoms. The number of methoxy groups -OCH3 is 2. The molecular weight excluding hydrogens is 433 g/mol. The Balaban J connectivity index is 2.22. The first kappa shape index (κ1) is 23.3. The molecule has 0 spiro atoms. The molecule has 32 heavy (non-hydrogen) atoms. The smallest absolute Gasteiger partial charge is 0.174 e. The maximum Gasteiger partial charge on any atom is 0.174 e. The van der Waals surface area contributed by atoms with Crippen LogP contribution in [0.25, 0.3) is 11.1 Å². The van der Waals surface area contributed by atoms with E-state index in [0.29, 0.717) is 5.56 Å². The van der Waals surface area contributed by atoms with Crippen molar-refractivity contribution in [2.75, 3.05) is 27.4 Å². The van der Waals surface area contributed by atoms with Crippen LogP contribution in [-0.2, 0) is 9.53 Å². The molecule has 0 aromatic heterocycles. The van der Waals surface area contributed by atoms with E-state index in [2.05, 4.69) is 0 Å². The number of carbonyl (C=O) groups is 1. The number of hydrogen-bond acceptors (Lipinski definition) is 5. The number of hydrogen-bond donors (Lipinski definition) is 0. The van der Waals surface area contributed by atoms with E-state index in [-0.39, 0.29) is 46.4 Å². The highest BCUT2D eigenvalue weighted by molar-refractivity contribution is 6.35. The highest BCUT2D eigenvalue weighted by Gasteiger charge is 2.24. The van der Waals surface area contributed by atoms with E-state index in [1.165, 1.54) is 26.4 Å². The van der Waals surface area contributed by atoms with Crippen molar-refractivity contribution in [1.82, 2.24) is 0 Å². The molecule has 0 radical (unpaired) electrons. The first-order valence-corrected chi connectivity index (χ1v) is 10.2. The summed E-state index contributed by atoms with van der Waals surface area (Å²) in [6.45, 7) is 0.411. The lowest BCUT2D eigenvalue weighted by atomic mass is 9.89. The van der Waals surface area contributed by atoms with Crippen LogP contribution in [0.4, 0.5) is 4.39 Å². The normalized spacial score (nSPS) is 11.5. The van der Waals surface area contributed by atoms with Crippen LogP contribution in [0.1, 0.15) is 22.6 Å². The summed E-state index contributed by atoms with van der Waals surface area (Å²) in [6, 6.07) is 17.3. The maximum absolute atomic E-state index is 15.5. The number of halogens is 2. The Kier molecular flexibility index (Phi) is 7.82. The van der Waals surface area contributed by atoms with Gasteiger partial charge in [0.25, 0.3) is 0 Å². The van der Waals surface area contributed by atoms with Gasteiger partial charge in [-0.3, -0.25) is 0 Å². The molecule has 1 unspecified atom stereocenters. The summed E-state index contributed by atoms with van der Waals surface area (Å²) < 4.78 is 31.3. The summed E-state index contributed by atoms with van der Waals surface area (Å²) in [5.74, 6) is -1.14. The molecule has 0 fully saturated rings. The minimum atomic E-state index is -0.733. The van der Waals surface area contributed by atoms with Gasteiger partial charge in [-0.2, -0.15) is 5.26 Å². The first-order chi connectivity index (χ1) is 15.5. The van der Waals surface area contributed by atoms with E-state index < -0.39 is 11.7 Å². The summed E-state index contributed by atoms with van der Waals surface area (Å²) >= 11 is 6.54. The molecule has 164 valence electrons. The van der Waals surface area contributed by atoms with Gasteiger partial charge in [-0.15, -0.1) is 0 Å². The van der Waals surface area contributed by atoms with Gasteiger partial charge in [0.2, 0.25) is 0 Å². The molecule has 0 amide bonds. The number of aldehydes is 1. The van der Waals surface area contributed by atoms with Gasteiger partial charge >= 0.3 is 0 Å². The molecule has 5 nitrogen and oxygen atoms in total. The molecule has 0 saturated heterocycles. The van der Waals surface area contributed by atoms with Gasteiger partial charge in [-0.1, -0.05) is 41.9 Å². The van der Waals surface area contributed by atoms with Crippen LogP contribution >= 0.6 is 11.6 Å². The Morgan fingerprint density at radius 1 is 1.06 bits per heavy atom. The van der Waals surface area contributed by atoms with Gasteiger partial charge < -0.3 is 19.0 Å². The number of nitrogens with zero attached hydrogens (tertiary/aromatic N) is 1. The number of ether oxygens (including phenoxy) is 3. The number of nitriles is 1. The van der Waals surface area contributed by atoms with Crippen LogP contribution in [0.5, 0.6) is 11.5 Å². The van der Waals surface area contributed by atoms with Crippen molar-refractivity contribution >= 4 is 17.9 Å². The lowest BCUT2D eigenvalue weighted by molar-refractivity contribution is -0.108. The Morgan fingerprint density at radius 3 is 2.44 bits per heavy atom. The van der Waals surface area contributed by atoms with Gasteiger partial charge in [-0.25, -0.2) is 4.39 Å². The van der Waals surface area contributed by atoms with Crippen LogP contribution in [0, 0.1) is 17.1 Å². The maximum atomic E-state index is 15.5. The van der Waals surface area contributed by atoms with Crippen molar-refractivity contribution in [3.8, 4) is 28.7 Å². The monoisotopic (exact) mass is 453 g/mol. The molecule has 0 heterocycles. The van der Waals surface area contributed by atoms with Gasteiger partial charge in [0, 0.05) is 18.2 Å². The Labute approximate surface area is 190 Å². The molecule has 0 bridgehead atoms. The van der Waals surface area contributed by atoms with Crippen LogP contribution in [-0.4, -0.2) is 33.7 Å². The zero-order chi connectivity index (χ0) is 23.1. The number of carbonyl (C=O) groups excluding carboxylic acids is 1. The molecule has 3 aromatic carbocycles. The van der Waals surface area contributed by atoms with Crippen molar-refractivity contribution in [3.05, 3.63) is 82.1 Å². The van der Waals surface area contributed by atoms with E-state index in [9.17, 15) is 10.1 Å². The average Bonchev–Trinajstić information content (AvgIpc) is 2.82. The predicted octanol–water partition coefficient (Wildman–Crippen LogP) is 5.38. The molecule has 3 aromatic rings. The Hall–Kier alpha value is -3.40. The fourth-order valence-electron chi connectivity index (χ4n) is 3.40. The van der Waals surface area contributed by atoms with E-state index in [0.717, 1.165) is 11.8 Å². The molecule has 0 saturated carbocycles. The largest absolute Gasteiger partial charge is 0.495 e. The van der Waals surface area contributed by atoms with E-state index >= 15 is 4.39 Å². The highest BCUT2D eigenvalue weighted by atomic mass is 35.5. The van der Waals surface area contributed by atoms with Gasteiger partial charge in [0.15, 0.2) is 11.6 Å². The van der Waals surface area contributed by atoms with Gasteiger partial charge in [0.05, 0.1) is 36.3 Å². The second-order valence-corrected chi connectivity index (χ2v) is 7.24. The second kappa shape index (κ2) is 10.8. The fraction of sp³-hybridized carbons (Fsp3) is 0.200. The van der Waals surface area contributed by atoms with Gasteiger partial charge in [-0.05, 0) is 35.4 Å². The SMILES string of the molecule is COCCOc1ccc(C#N)c(-c2cc(C(C=O)c3ccccc3)cc(OC)c2Cl)c1F. The summed E-state index contributed by atoms with van der Waals surface area (Å²) in [6.07, 6.45) is 0.799. The van der Waals surface area contributed by atoms with Crippen molar-refractivity contribution in [1.29, 1.82) is 5.26 Å². The molecule has 0 N–H and O–H groups in total. The molecule has 1 atom stereocenters. The van der Waals surface area contributed by atoms with E-state index in [1.807, 2.05) is 36.4 Å². The summed E-state index contributed by atoms with van der Waals surface area (Å²) in [5.41, 5.74) is 1.59. The minimum Gasteiger partial charge on any atom is -0.495 e. The second-order valence-electron chi connectivity index (χ2n) is 6.86. The van der Waals surface area contributed by atoms with Crippen LogP contribution in [0.2, 0.25) is 5.02 Å². The van der Waals surface area contributed by atoms with Crippen LogP contribution < -0.4 is 9.47 Å². The average molecular weight is 454 g/mol. The van der Waals surface area contributed by atoms with Crippen molar-refractivity contribution in [3.63, 3.8) is 0 Å². The van der Waals surface area contributed by atoms with Crippen molar-refractivity contribution in [2.24, 2.45) is 0 Å². The summed E-state index contributed by atoms with van der Waals surface area (Å²) in [4.78, 5) is 12.0. The quantitative estimate of drug-likeness (QED) is 0.321. The van der Waals surface area contributed by atoms with Crippen LogP contribution in [0.15, 0.2) is 54.6 Å². The third-order valence-corrected chi connectivity index (χ3v) is 5.37. The van der Waals surface area contributed by atoms with Crippen LogP contribution in [0.3, 0.4) is 0 Å². The zero-order valence-electron chi connectivity index (χ0n) is 17.6. The summed E-state index contributed by atoms with van der Waals surface area (Å²) in [7, 11) is 2.94. The van der Waals surface area contributed by atoms with Gasteiger partial charge in [0.1, 0.15) is 18.6 Å². The molecule has 0 aliphatic rings. The highest BCUT2D eigenvalue weighted by Crippen LogP contribution is 2.43. The molecule has 3 rings (SSSR count). The third kappa shape index (κ3) is 4.75. The number of rotatable bonds is 9. The Morgan fingerprint density at radius 2 is 1.81 bits per heavy atom. The summed E-state index contributed by atoms with van der Waals surface area (Å²) in [5, 5.41) is 9.74. The zero-order valence-corrected chi connectivity index (χ0v) is 18.4. The first-order valence-electron chi connectivity index (χ1n) is 9.78. The lowest BCUT2D eigenvalue weighted by Crippen LogP contribution is -2.07. The molecule has 0 aliphatic heterocycles. The third-order valence-electron chi connectivity index (χ3n) is 4.98.